The van der Waals surface area contributed by atoms with Crippen LogP contribution in [-0.2, 0) is 4.79 Å². The lowest BCUT2D eigenvalue weighted by Crippen LogP contribution is -2.54. The second-order valence-corrected chi connectivity index (χ2v) is 8.96. The zero-order valence-corrected chi connectivity index (χ0v) is 18.7. The van der Waals surface area contributed by atoms with Crippen LogP contribution < -0.4 is 15.5 Å². The number of nitrogens with zero attached hydrogens (tertiary/aromatic N) is 7. The lowest BCUT2D eigenvalue weighted by Gasteiger charge is -2.41. The molecule has 0 atom stereocenters. The van der Waals surface area contributed by atoms with Gasteiger partial charge in [-0.3, -0.25) is 9.59 Å². The third-order valence-electron chi connectivity index (χ3n) is 5.43. The molecule has 0 bridgehead atoms. The summed E-state index contributed by atoms with van der Waals surface area (Å²) in [7, 11) is 1.51. The van der Waals surface area contributed by atoms with Crippen molar-refractivity contribution >= 4 is 58.1 Å². The number of halogens is 1. The minimum atomic E-state index is -0.405. The summed E-state index contributed by atoms with van der Waals surface area (Å²) in [6.45, 7) is 2.24. The number of anilines is 3. The van der Waals surface area contributed by atoms with E-state index in [1.807, 2.05) is 23.2 Å². The van der Waals surface area contributed by atoms with Gasteiger partial charge in [0.15, 0.2) is 16.5 Å². The summed E-state index contributed by atoms with van der Waals surface area (Å²) in [6.07, 6.45) is 1.87. The monoisotopic (exact) mass is 473 g/mol. The van der Waals surface area contributed by atoms with E-state index >= 15 is 0 Å². The molecule has 3 aromatic rings. The molecule has 32 heavy (non-hydrogen) atoms. The molecule has 5 rings (SSSR count). The van der Waals surface area contributed by atoms with E-state index < -0.39 is 5.91 Å². The lowest BCUT2D eigenvalue weighted by molar-refractivity contribution is -0.134. The van der Waals surface area contributed by atoms with Crippen molar-refractivity contribution in [1.29, 1.82) is 0 Å². The predicted molar refractivity (Wildman–Crippen MR) is 121 cm³/mol. The minimum Gasteiger partial charge on any atom is -0.369 e. The number of aromatic nitrogens is 5. The Kier molecular flexibility index (Phi) is 5.47. The highest BCUT2D eigenvalue weighted by molar-refractivity contribution is 7.99. The van der Waals surface area contributed by atoms with Crippen molar-refractivity contribution in [3.8, 4) is 0 Å². The predicted octanol–water partition coefficient (Wildman–Crippen LogP) is 1.24. The van der Waals surface area contributed by atoms with Gasteiger partial charge in [-0.1, -0.05) is 11.6 Å². The zero-order valence-electron chi connectivity index (χ0n) is 17.2. The summed E-state index contributed by atoms with van der Waals surface area (Å²) in [6, 6.07) is 5.31. The summed E-state index contributed by atoms with van der Waals surface area (Å²) in [5.74, 6) is 2.00. The molecule has 0 spiro atoms. The molecule has 5 heterocycles. The van der Waals surface area contributed by atoms with E-state index in [1.165, 1.54) is 13.1 Å². The van der Waals surface area contributed by atoms with E-state index in [1.54, 1.807) is 16.3 Å². The third-order valence-corrected chi connectivity index (χ3v) is 6.58. The molecule has 2 aliphatic rings. The van der Waals surface area contributed by atoms with Crippen LogP contribution in [0.3, 0.4) is 0 Å². The van der Waals surface area contributed by atoms with Crippen LogP contribution in [0.15, 0.2) is 24.4 Å². The highest BCUT2D eigenvalue weighted by Crippen LogP contribution is 2.28. The van der Waals surface area contributed by atoms with Gasteiger partial charge in [0.2, 0.25) is 11.9 Å². The Morgan fingerprint density at radius 3 is 2.84 bits per heavy atom. The third kappa shape index (κ3) is 3.91. The quantitative estimate of drug-likeness (QED) is 0.563. The number of pyridine rings is 1. The molecule has 13 heteroatoms. The van der Waals surface area contributed by atoms with Crippen LogP contribution >= 0.6 is 23.4 Å². The second kappa shape index (κ2) is 8.43. The van der Waals surface area contributed by atoms with Gasteiger partial charge in [-0.25, -0.2) is 4.52 Å². The molecular formula is C19H20ClN9O2S. The average Bonchev–Trinajstić information content (AvgIpc) is 3.41. The number of amides is 2. The van der Waals surface area contributed by atoms with Crippen molar-refractivity contribution in [2.45, 2.75) is 0 Å². The molecule has 0 radical (unpaired) electrons. The molecule has 0 unspecified atom stereocenters. The minimum absolute atomic E-state index is 0.0458. The van der Waals surface area contributed by atoms with Crippen LogP contribution in [-0.4, -0.2) is 79.8 Å². The maximum atomic E-state index is 12.5. The summed E-state index contributed by atoms with van der Waals surface area (Å²) in [5.41, 5.74) is 2.04. The Morgan fingerprint density at radius 2 is 2.09 bits per heavy atom. The van der Waals surface area contributed by atoms with Gasteiger partial charge in [0.1, 0.15) is 0 Å². The molecule has 3 aromatic heterocycles. The first kappa shape index (κ1) is 20.8. The fraction of sp³-hybridized carbons (Fsp3) is 0.368. The van der Waals surface area contributed by atoms with Gasteiger partial charge in [0.05, 0.1) is 29.4 Å². The van der Waals surface area contributed by atoms with Crippen molar-refractivity contribution in [2.24, 2.45) is 5.92 Å². The van der Waals surface area contributed by atoms with Crippen molar-refractivity contribution in [1.82, 2.24) is 35.0 Å². The van der Waals surface area contributed by atoms with Crippen LogP contribution in [0.1, 0.15) is 10.5 Å². The first-order chi connectivity index (χ1) is 15.5. The van der Waals surface area contributed by atoms with Crippen molar-refractivity contribution in [3.63, 3.8) is 0 Å². The van der Waals surface area contributed by atoms with E-state index in [0.717, 1.165) is 23.9 Å². The molecule has 0 aliphatic carbocycles. The fourth-order valence-corrected chi connectivity index (χ4v) is 4.78. The average molecular weight is 474 g/mol. The largest absolute Gasteiger partial charge is 0.369 e. The normalized spacial score (nSPS) is 16.3. The maximum Gasteiger partial charge on any atom is 0.273 e. The van der Waals surface area contributed by atoms with Gasteiger partial charge in [-0.05, 0) is 12.1 Å². The number of carbonyl (C=O) groups excluding carboxylic acids is 2. The molecular weight excluding hydrogens is 454 g/mol. The van der Waals surface area contributed by atoms with Gasteiger partial charge in [0.25, 0.3) is 5.91 Å². The molecule has 2 aliphatic heterocycles. The summed E-state index contributed by atoms with van der Waals surface area (Å²) < 4.78 is 1.65. The first-order valence-electron chi connectivity index (χ1n) is 10.0. The highest BCUT2D eigenvalue weighted by atomic mass is 35.5. The Labute approximate surface area is 192 Å². The highest BCUT2D eigenvalue weighted by Gasteiger charge is 2.36. The Balaban J connectivity index is 1.31. The van der Waals surface area contributed by atoms with Gasteiger partial charge in [-0.2, -0.15) is 4.98 Å². The van der Waals surface area contributed by atoms with Crippen molar-refractivity contribution in [3.05, 3.63) is 35.2 Å². The topological polar surface area (TPSA) is 121 Å². The smallest absolute Gasteiger partial charge is 0.273 e. The van der Waals surface area contributed by atoms with Crippen LogP contribution in [0.25, 0.3) is 5.65 Å². The van der Waals surface area contributed by atoms with E-state index in [9.17, 15) is 9.59 Å². The SMILES string of the molecule is CNC(=O)c1nnc(Cl)cc1Nc1nc2ccc(N3CC(C(=O)N4CCSC4)C3)cn2n1. The van der Waals surface area contributed by atoms with Gasteiger partial charge in [-0.15, -0.1) is 27.1 Å². The van der Waals surface area contributed by atoms with Crippen LogP contribution in [0, 0.1) is 5.92 Å². The van der Waals surface area contributed by atoms with E-state index in [0.29, 0.717) is 30.4 Å². The summed E-state index contributed by atoms with van der Waals surface area (Å²) >= 11 is 7.74. The lowest BCUT2D eigenvalue weighted by atomic mass is 9.98. The van der Waals surface area contributed by atoms with E-state index in [2.05, 4.69) is 35.8 Å². The molecule has 2 N–H and O–H groups in total. The fourth-order valence-electron chi connectivity index (χ4n) is 3.67. The summed E-state index contributed by atoms with van der Waals surface area (Å²) in [4.78, 5) is 33.1. The second-order valence-electron chi connectivity index (χ2n) is 7.50. The standard InChI is InChI=1S/C19H20ClN9O2S/c1-21-17(30)16-13(6-14(20)24-25-16)22-19-23-15-3-2-12(9-29(15)26-19)28-7-11(8-28)18(31)27-4-5-32-10-27/h2-3,6,9,11H,4-5,7-8,10H2,1H3,(H,21,30)(H,22,24,26). The molecule has 11 nitrogen and oxygen atoms in total. The first-order valence-corrected chi connectivity index (χ1v) is 11.6. The van der Waals surface area contributed by atoms with E-state index in [4.69, 9.17) is 11.6 Å². The molecule has 2 fully saturated rings. The van der Waals surface area contributed by atoms with Gasteiger partial charge >= 0.3 is 0 Å². The number of nitrogens with one attached hydrogen (secondary N) is 2. The molecule has 2 amide bonds. The number of hydrogen-bond donors (Lipinski definition) is 2. The number of carbonyl (C=O) groups is 2. The molecule has 0 saturated carbocycles. The Bertz CT molecular complexity index is 1190. The molecule has 0 aromatic carbocycles. The Morgan fingerprint density at radius 1 is 1.25 bits per heavy atom. The maximum absolute atomic E-state index is 12.5. The van der Waals surface area contributed by atoms with Crippen molar-refractivity contribution < 1.29 is 9.59 Å². The van der Waals surface area contributed by atoms with E-state index in [-0.39, 0.29) is 22.7 Å². The van der Waals surface area contributed by atoms with Crippen LogP contribution in [0.4, 0.5) is 17.3 Å². The van der Waals surface area contributed by atoms with Crippen molar-refractivity contribution in [2.75, 3.05) is 48.5 Å². The number of hydrogen-bond acceptors (Lipinski definition) is 9. The summed E-state index contributed by atoms with van der Waals surface area (Å²) in [5, 5.41) is 17.7. The number of rotatable bonds is 5. The number of thioether (sulfide) groups is 1. The molecule has 2 saturated heterocycles. The van der Waals surface area contributed by atoms with Gasteiger partial charge in [0, 0.05) is 38.5 Å². The number of fused-ring (bicyclic) bond motifs is 1. The van der Waals surface area contributed by atoms with Crippen LogP contribution in [0.2, 0.25) is 5.15 Å². The van der Waals surface area contributed by atoms with Gasteiger partial charge < -0.3 is 20.4 Å². The molecule has 166 valence electrons. The Hall–Kier alpha value is -3.12. The zero-order chi connectivity index (χ0) is 22.2. The van der Waals surface area contributed by atoms with Crippen LogP contribution in [0.5, 0.6) is 0 Å².